The molecule has 3 amide bonds. The summed E-state index contributed by atoms with van der Waals surface area (Å²) in [5.41, 5.74) is 1.84. The number of thiophene rings is 1. The lowest BCUT2D eigenvalue weighted by molar-refractivity contribution is -0.131. The third kappa shape index (κ3) is 8.19. The van der Waals surface area contributed by atoms with E-state index in [1.807, 2.05) is 44.3 Å². The molecule has 1 aromatic carbocycles. The molecule has 0 saturated heterocycles. The van der Waals surface area contributed by atoms with Crippen LogP contribution in [0.3, 0.4) is 0 Å². The fourth-order valence-electron chi connectivity index (χ4n) is 5.63. The summed E-state index contributed by atoms with van der Waals surface area (Å²) in [5.74, 6) is 0.221. The van der Waals surface area contributed by atoms with Gasteiger partial charge in [-0.05, 0) is 48.8 Å². The molecule has 4 N–H and O–H groups in total. The van der Waals surface area contributed by atoms with Gasteiger partial charge in [0.25, 0.3) is 10.0 Å². The molecule has 46 heavy (non-hydrogen) atoms. The highest BCUT2D eigenvalue weighted by Crippen LogP contribution is 2.23. The van der Waals surface area contributed by atoms with Gasteiger partial charge in [0.2, 0.25) is 17.7 Å². The topological polar surface area (TPSA) is 171 Å². The number of benzene rings is 1. The van der Waals surface area contributed by atoms with Crippen molar-refractivity contribution >= 4 is 50.0 Å². The highest BCUT2D eigenvalue weighted by molar-refractivity contribution is 7.91. The number of para-hydroxylation sites is 1. The zero-order valence-electron chi connectivity index (χ0n) is 26.2. The molecule has 5 rings (SSSR count). The summed E-state index contributed by atoms with van der Waals surface area (Å²) in [4.78, 5) is 49.9. The van der Waals surface area contributed by atoms with E-state index in [2.05, 4.69) is 30.4 Å². The second-order valence-electron chi connectivity index (χ2n) is 11.9. The van der Waals surface area contributed by atoms with Crippen molar-refractivity contribution in [2.75, 3.05) is 19.6 Å². The second kappa shape index (κ2) is 14.6. The summed E-state index contributed by atoms with van der Waals surface area (Å²) < 4.78 is 29.5. The number of hydrogen-bond acceptors (Lipinski definition) is 8. The number of fused-ring (bicyclic) bond motifs is 2. The molecule has 13 nitrogen and oxygen atoms in total. The normalized spacial score (nSPS) is 18.7. The molecular formula is C31H40N8O5S2. The summed E-state index contributed by atoms with van der Waals surface area (Å²) >= 11 is 1.07. The van der Waals surface area contributed by atoms with Crippen LogP contribution in [0.1, 0.15) is 56.4 Å². The molecule has 0 unspecified atom stereocenters. The number of nitrogens with zero attached hydrogens (tertiary/aromatic N) is 4. The lowest BCUT2D eigenvalue weighted by Crippen LogP contribution is -2.49. The number of hydrogen-bond donors (Lipinski definition) is 4. The van der Waals surface area contributed by atoms with Crippen molar-refractivity contribution in [3.63, 3.8) is 0 Å². The van der Waals surface area contributed by atoms with Crippen LogP contribution < -0.4 is 15.4 Å². The van der Waals surface area contributed by atoms with E-state index in [0.717, 1.165) is 27.8 Å². The van der Waals surface area contributed by atoms with Gasteiger partial charge in [-0.3, -0.25) is 14.4 Å². The minimum atomic E-state index is -3.83. The van der Waals surface area contributed by atoms with E-state index in [9.17, 15) is 22.8 Å². The summed E-state index contributed by atoms with van der Waals surface area (Å²) in [6.07, 6.45) is 3.10. The average Bonchev–Trinajstić information content (AvgIpc) is 3.77. The molecule has 1 aliphatic rings. The highest BCUT2D eigenvalue weighted by Gasteiger charge is 2.29. The fourth-order valence-corrected chi connectivity index (χ4v) is 7.64. The van der Waals surface area contributed by atoms with Gasteiger partial charge in [0.15, 0.2) is 0 Å². The third-order valence-corrected chi connectivity index (χ3v) is 10.6. The van der Waals surface area contributed by atoms with E-state index in [1.54, 1.807) is 23.1 Å². The smallest absolute Gasteiger partial charge is 0.250 e. The number of aromatic nitrogens is 4. The van der Waals surface area contributed by atoms with Gasteiger partial charge in [0, 0.05) is 43.0 Å². The number of carbonyl (C=O) groups is 3. The van der Waals surface area contributed by atoms with Gasteiger partial charge in [-0.2, -0.15) is 5.10 Å². The van der Waals surface area contributed by atoms with Crippen LogP contribution in [-0.4, -0.2) is 76.5 Å². The Morgan fingerprint density at radius 2 is 1.89 bits per heavy atom. The Hall–Kier alpha value is -4.08. The summed E-state index contributed by atoms with van der Waals surface area (Å²) in [5, 5.41) is 13.3. The van der Waals surface area contributed by atoms with Crippen LogP contribution in [0.2, 0.25) is 0 Å². The van der Waals surface area contributed by atoms with Crippen molar-refractivity contribution in [1.82, 2.24) is 40.0 Å². The number of sulfonamides is 1. The Labute approximate surface area is 272 Å². The summed E-state index contributed by atoms with van der Waals surface area (Å²) in [6.45, 7) is 6.14. The van der Waals surface area contributed by atoms with Crippen LogP contribution in [0, 0.1) is 12.8 Å². The lowest BCUT2D eigenvalue weighted by atomic mass is 10.0. The Bertz CT molecular complexity index is 1780. The number of aromatic amines is 1. The minimum absolute atomic E-state index is 0.0749. The first-order valence-electron chi connectivity index (χ1n) is 15.4. The van der Waals surface area contributed by atoms with E-state index in [4.69, 9.17) is 0 Å². The van der Waals surface area contributed by atoms with Crippen molar-refractivity contribution in [3.05, 3.63) is 65.2 Å². The number of aryl methyl sites for hydroxylation is 1. The van der Waals surface area contributed by atoms with Crippen LogP contribution >= 0.6 is 11.3 Å². The standard InChI is InChI=1S/C31H40N8O5S2/c1-20(2)16-25-30-34-21(3)37-39(30)14-13-38(28(41)19-33-46(43,44)29-11-7-15-45-29)12-6-10-27(40)35-26(31(42)36-25)17-22-18-32-24-9-5-4-8-23(22)24/h4-5,7-9,11,15,18,20,25-26,32-33H,6,10,12-14,16-17,19H2,1-3H3,(H,35,40)(H,36,42)/t25-,26+/m0/s1. The molecule has 0 saturated carbocycles. The molecule has 4 aromatic rings. The van der Waals surface area contributed by atoms with E-state index in [-0.39, 0.29) is 54.4 Å². The van der Waals surface area contributed by atoms with Crippen molar-refractivity contribution in [2.24, 2.45) is 5.92 Å². The monoisotopic (exact) mass is 668 g/mol. The van der Waals surface area contributed by atoms with E-state index >= 15 is 0 Å². The quantitative estimate of drug-likeness (QED) is 0.224. The fraction of sp³-hybridized carbons (Fsp3) is 0.452. The first-order valence-corrected chi connectivity index (χ1v) is 17.7. The second-order valence-corrected chi connectivity index (χ2v) is 14.8. The Balaban J connectivity index is 1.40. The van der Waals surface area contributed by atoms with Crippen molar-refractivity contribution < 1.29 is 22.8 Å². The summed E-state index contributed by atoms with van der Waals surface area (Å²) in [7, 11) is -3.83. The Morgan fingerprint density at radius 3 is 2.65 bits per heavy atom. The number of carbonyl (C=O) groups excluding carboxylic acids is 3. The van der Waals surface area contributed by atoms with E-state index < -0.39 is 34.6 Å². The molecule has 0 fully saturated rings. The van der Waals surface area contributed by atoms with Gasteiger partial charge in [0.1, 0.15) is 21.9 Å². The predicted molar refractivity (Wildman–Crippen MR) is 174 cm³/mol. The highest BCUT2D eigenvalue weighted by atomic mass is 32.2. The average molecular weight is 669 g/mol. The first kappa shape index (κ1) is 33.3. The SMILES string of the molecule is Cc1nc2n(n1)CCN(C(=O)CNS(=O)(=O)c1cccs1)CCCC(=O)N[C@H](Cc1c[nH]c3ccccc13)C(=O)N[C@H]2CC(C)C. The van der Waals surface area contributed by atoms with Crippen LogP contribution in [-0.2, 0) is 37.4 Å². The zero-order chi connectivity index (χ0) is 32.8. The molecule has 2 atom stereocenters. The third-order valence-electron chi connectivity index (χ3n) is 7.83. The number of nitrogens with one attached hydrogen (secondary N) is 4. The van der Waals surface area contributed by atoms with Gasteiger partial charge in [-0.1, -0.05) is 38.1 Å². The van der Waals surface area contributed by atoms with Crippen LogP contribution in [0.5, 0.6) is 0 Å². The molecule has 1 aliphatic heterocycles. The molecule has 0 spiro atoms. The molecule has 15 heteroatoms. The van der Waals surface area contributed by atoms with Crippen molar-refractivity contribution in [2.45, 2.75) is 69.3 Å². The lowest BCUT2D eigenvalue weighted by Gasteiger charge is -2.27. The minimum Gasteiger partial charge on any atom is -0.361 e. The van der Waals surface area contributed by atoms with Gasteiger partial charge < -0.3 is 20.5 Å². The van der Waals surface area contributed by atoms with Crippen LogP contribution in [0.15, 0.2) is 52.2 Å². The van der Waals surface area contributed by atoms with Gasteiger partial charge >= 0.3 is 0 Å². The molecule has 0 radical (unpaired) electrons. The number of rotatable bonds is 8. The Morgan fingerprint density at radius 1 is 1.09 bits per heavy atom. The molecule has 0 aliphatic carbocycles. The van der Waals surface area contributed by atoms with E-state index in [1.165, 1.54) is 11.0 Å². The molecule has 246 valence electrons. The maximum Gasteiger partial charge on any atom is 0.250 e. The maximum absolute atomic E-state index is 13.9. The van der Waals surface area contributed by atoms with Crippen molar-refractivity contribution in [1.29, 1.82) is 0 Å². The van der Waals surface area contributed by atoms with Gasteiger partial charge in [-0.25, -0.2) is 22.8 Å². The molecule has 3 aromatic heterocycles. The maximum atomic E-state index is 13.9. The molecule has 4 heterocycles. The largest absolute Gasteiger partial charge is 0.361 e. The number of amides is 3. The van der Waals surface area contributed by atoms with Crippen LogP contribution in [0.4, 0.5) is 0 Å². The van der Waals surface area contributed by atoms with Gasteiger partial charge in [0.05, 0.1) is 19.1 Å². The molecular weight excluding hydrogens is 629 g/mol. The predicted octanol–water partition coefficient (Wildman–Crippen LogP) is 2.66. The number of H-pyrrole nitrogens is 1. The first-order chi connectivity index (χ1) is 22.0. The Kier molecular flexibility index (Phi) is 10.5. The summed E-state index contributed by atoms with van der Waals surface area (Å²) in [6, 6.07) is 9.55. The van der Waals surface area contributed by atoms with Crippen molar-refractivity contribution in [3.8, 4) is 0 Å². The van der Waals surface area contributed by atoms with E-state index in [0.29, 0.717) is 24.5 Å². The zero-order valence-corrected chi connectivity index (χ0v) is 27.8. The molecule has 0 bridgehead atoms. The van der Waals surface area contributed by atoms with Crippen LogP contribution in [0.25, 0.3) is 10.9 Å². The van der Waals surface area contributed by atoms with Gasteiger partial charge in [-0.15, -0.1) is 11.3 Å².